The number of thiazole rings is 1. The summed E-state index contributed by atoms with van der Waals surface area (Å²) in [6.07, 6.45) is 0.0129. The minimum Gasteiger partial charge on any atom is -0.349 e. The fourth-order valence-corrected chi connectivity index (χ4v) is 3.35. The van der Waals surface area contributed by atoms with Crippen LogP contribution in [0.4, 0.5) is 13.2 Å². The van der Waals surface area contributed by atoms with Gasteiger partial charge >= 0.3 is 0 Å². The fourth-order valence-electron chi connectivity index (χ4n) is 2.53. The van der Waals surface area contributed by atoms with Crippen LogP contribution in [0.5, 0.6) is 0 Å². The third-order valence-electron chi connectivity index (χ3n) is 3.77. The van der Waals surface area contributed by atoms with Gasteiger partial charge in [-0.05, 0) is 25.1 Å². The highest BCUT2D eigenvalue weighted by Gasteiger charge is 2.16. The van der Waals surface area contributed by atoms with Gasteiger partial charge in [-0.25, -0.2) is 18.2 Å². The van der Waals surface area contributed by atoms with Gasteiger partial charge in [-0.3, -0.25) is 4.79 Å². The maximum Gasteiger partial charge on any atom is 0.226 e. The van der Waals surface area contributed by atoms with Gasteiger partial charge < -0.3 is 5.32 Å². The molecule has 134 valence electrons. The molecular weight excluding hydrogens is 361 g/mol. The van der Waals surface area contributed by atoms with E-state index in [4.69, 9.17) is 0 Å². The van der Waals surface area contributed by atoms with Crippen molar-refractivity contribution in [3.8, 4) is 10.6 Å². The topological polar surface area (TPSA) is 42.0 Å². The molecule has 0 spiro atoms. The van der Waals surface area contributed by atoms with Gasteiger partial charge in [0, 0.05) is 22.6 Å². The number of carbonyl (C=O) groups excluding carboxylic acids is 1. The van der Waals surface area contributed by atoms with E-state index >= 15 is 0 Å². The smallest absolute Gasteiger partial charge is 0.226 e. The van der Waals surface area contributed by atoms with Crippen molar-refractivity contribution in [3.63, 3.8) is 0 Å². The summed E-state index contributed by atoms with van der Waals surface area (Å²) in [5, 5.41) is 5.01. The normalized spacial score (nSPS) is 12.0. The Labute approximate surface area is 152 Å². The largest absolute Gasteiger partial charge is 0.349 e. The Bertz CT molecular complexity index is 942. The van der Waals surface area contributed by atoms with Crippen molar-refractivity contribution >= 4 is 17.2 Å². The summed E-state index contributed by atoms with van der Waals surface area (Å²) in [5.41, 5.74) is 1.39. The molecule has 7 heteroatoms. The number of nitrogens with one attached hydrogen (secondary N) is 1. The summed E-state index contributed by atoms with van der Waals surface area (Å²) >= 11 is 1.31. The number of aromatic nitrogens is 1. The number of carbonyl (C=O) groups is 1. The van der Waals surface area contributed by atoms with Crippen LogP contribution in [0, 0.1) is 17.5 Å². The zero-order valence-electron chi connectivity index (χ0n) is 13.8. The third kappa shape index (κ3) is 4.29. The van der Waals surface area contributed by atoms with E-state index in [1.165, 1.54) is 29.5 Å². The van der Waals surface area contributed by atoms with E-state index in [2.05, 4.69) is 10.3 Å². The Balaban J connectivity index is 1.65. The first-order valence-electron chi connectivity index (χ1n) is 7.87. The second-order valence-corrected chi connectivity index (χ2v) is 6.64. The van der Waals surface area contributed by atoms with Gasteiger partial charge in [0.05, 0.1) is 18.2 Å². The molecule has 1 amide bonds. The van der Waals surface area contributed by atoms with Crippen LogP contribution in [-0.4, -0.2) is 10.9 Å². The number of benzene rings is 2. The standard InChI is InChI=1S/C19H15F3N2OS/c1-11(16-6-5-14(21)8-17(16)22)23-18(25)9-15-10-26-19(24-15)12-3-2-4-13(20)7-12/h2-8,10-11H,9H2,1H3,(H,23,25)/t11-/m1/s1. The summed E-state index contributed by atoms with van der Waals surface area (Å²) in [7, 11) is 0. The monoisotopic (exact) mass is 376 g/mol. The molecule has 1 aromatic heterocycles. The van der Waals surface area contributed by atoms with Gasteiger partial charge in [-0.1, -0.05) is 18.2 Å². The number of hydrogen-bond acceptors (Lipinski definition) is 3. The molecule has 0 radical (unpaired) electrons. The van der Waals surface area contributed by atoms with E-state index in [1.807, 2.05) is 0 Å². The van der Waals surface area contributed by atoms with E-state index in [0.717, 1.165) is 12.1 Å². The van der Waals surface area contributed by atoms with Gasteiger partial charge in [0.25, 0.3) is 0 Å². The van der Waals surface area contributed by atoms with Crippen LogP contribution >= 0.6 is 11.3 Å². The molecule has 0 aliphatic carbocycles. The molecule has 0 saturated carbocycles. The summed E-state index contributed by atoms with van der Waals surface area (Å²) in [6, 6.07) is 8.69. The number of hydrogen-bond donors (Lipinski definition) is 1. The zero-order chi connectivity index (χ0) is 18.7. The molecule has 1 N–H and O–H groups in total. The highest BCUT2D eigenvalue weighted by molar-refractivity contribution is 7.13. The molecule has 2 aromatic carbocycles. The van der Waals surface area contributed by atoms with Gasteiger partial charge in [0.1, 0.15) is 22.5 Å². The van der Waals surface area contributed by atoms with Crippen molar-refractivity contribution in [2.75, 3.05) is 0 Å². The van der Waals surface area contributed by atoms with Crippen molar-refractivity contribution in [1.29, 1.82) is 0 Å². The minimum atomic E-state index is -0.708. The second kappa shape index (κ2) is 7.70. The molecule has 1 heterocycles. The average Bonchev–Trinajstić information content (AvgIpc) is 3.03. The lowest BCUT2D eigenvalue weighted by atomic mass is 10.1. The van der Waals surface area contributed by atoms with Crippen molar-refractivity contribution in [2.45, 2.75) is 19.4 Å². The van der Waals surface area contributed by atoms with Crippen LogP contribution in [0.25, 0.3) is 10.6 Å². The van der Waals surface area contributed by atoms with Crippen LogP contribution in [0.3, 0.4) is 0 Å². The first kappa shape index (κ1) is 18.1. The summed E-state index contributed by atoms with van der Waals surface area (Å²) in [5.74, 6) is -2.07. The molecule has 3 rings (SSSR count). The number of nitrogens with zero attached hydrogens (tertiary/aromatic N) is 1. The summed E-state index contributed by atoms with van der Waals surface area (Å²) in [6.45, 7) is 1.62. The van der Waals surface area contributed by atoms with E-state index in [-0.39, 0.29) is 23.7 Å². The number of rotatable bonds is 5. The predicted octanol–water partition coefficient (Wildman–Crippen LogP) is 4.65. The van der Waals surface area contributed by atoms with Gasteiger partial charge in [0.15, 0.2) is 0 Å². The predicted molar refractivity (Wildman–Crippen MR) is 94.1 cm³/mol. The zero-order valence-corrected chi connectivity index (χ0v) is 14.6. The molecule has 3 nitrogen and oxygen atoms in total. The van der Waals surface area contributed by atoms with E-state index in [9.17, 15) is 18.0 Å². The van der Waals surface area contributed by atoms with E-state index < -0.39 is 17.7 Å². The first-order valence-corrected chi connectivity index (χ1v) is 8.75. The van der Waals surface area contributed by atoms with Gasteiger partial charge in [-0.15, -0.1) is 11.3 Å². The lowest BCUT2D eigenvalue weighted by Gasteiger charge is -2.14. The van der Waals surface area contributed by atoms with Crippen molar-refractivity contribution in [1.82, 2.24) is 10.3 Å². The molecule has 1 atom stereocenters. The average molecular weight is 376 g/mol. The quantitative estimate of drug-likeness (QED) is 0.704. The van der Waals surface area contributed by atoms with Crippen molar-refractivity contribution in [3.05, 3.63) is 76.6 Å². The first-order chi connectivity index (χ1) is 12.4. The Morgan fingerprint density at radius 2 is 1.92 bits per heavy atom. The van der Waals surface area contributed by atoms with Crippen LogP contribution < -0.4 is 5.32 Å². The van der Waals surface area contributed by atoms with Crippen LogP contribution in [0.1, 0.15) is 24.2 Å². The van der Waals surface area contributed by atoms with E-state index in [0.29, 0.717) is 16.3 Å². The lowest BCUT2D eigenvalue weighted by Crippen LogP contribution is -2.28. The van der Waals surface area contributed by atoms with E-state index in [1.54, 1.807) is 24.4 Å². The third-order valence-corrected chi connectivity index (χ3v) is 4.71. The number of halogens is 3. The maximum absolute atomic E-state index is 13.8. The van der Waals surface area contributed by atoms with Crippen molar-refractivity contribution < 1.29 is 18.0 Å². The van der Waals surface area contributed by atoms with Crippen LogP contribution in [0.15, 0.2) is 47.8 Å². The number of amides is 1. The van der Waals surface area contributed by atoms with Crippen LogP contribution in [-0.2, 0) is 11.2 Å². The molecule has 0 unspecified atom stereocenters. The molecule has 0 fully saturated rings. The highest BCUT2D eigenvalue weighted by Crippen LogP contribution is 2.24. The summed E-state index contributed by atoms with van der Waals surface area (Å²) in [4.78, 5) is 16.5. The van der Waals surface area contributed by atoms with Gasteiger partial charge in [0.2, 0.25) is 5.91 Å². The Morgan fingerprint density at radius 1 is 1.15 bits per heavy atom. The Kier molecular flexibility index (Phi) is 5.37. The molecular formula is C19H15F3N2OS. The van der Waals surface area contributed by atoms with Crippen LogP contribution in [0.2, 0.25) is 0 Å². The van der Waals surface area contributed by atoms with Gasteiger partial charge in [-0.2, -0.15) is 0 Å². The molecule has 0 aliphatic rings. The molecule has 0 bridgehead atoms. The molecule has 26 heavy (non-hydrogen) atoms. The fraction of sp³-hybridized carbons (Fsp3) is 0.158. The molecule has 0 aliphatic heterocycles. The Morgan fingerprint density at radius 3 is 2.65 bits per heavy atom. The minimum absolute atomic E-state index is 0.0129. The molecule has 0 saturated heterocycles. The molecule has 3 aromatic rings. The highest BCUT2D eigenvalue weighted by atomic mass is 32.1. The Hall–Kier alpha value is -2.67. The maximum atomic E-state index is 13.8. The van der Waals surface area contributed by atoms with Crippen molar-refractivity contribution in [2.24, 2.45) is 0 Å². The SMILES string of the molecule is C[C@@H](NC(=O)Cc1csc(-c2cccc(F)c2)n1)c1ccc(F)cc1F. The second-order valence-electron chi connectivity index (χ2n) is 5.79. The lowest BCUT2D eigenvalue weighted by molar-refractivity contribution is -0.121. The summed E-state index contributed by atoms with van der Waals surface area (Å²) < 4.78 is 40.0.